The van der Waals surface area contributed by atoms with Gasteiger partial charge in [-0.15, -0.1) is 6.58 Å². The third-order valence-corrected chi connectivity index (χ3v) is 2.88. The Bertz CT molecular complexity index is 343. The largest absolute Gasteiger partial charge is 0.364 e. The average molecular weight is 204 g/mol. The van der Waals surface area contributed by atoms with Crippen LogP contribution in [0.1, 0.15) is 24.5 Å². The highest BCUT2D eigenvalue weighted by Gasteiger charge is 2.29. The van der Waals surface area contributed by atoms with Crippen molar-refractivity contribution in [3.63, 3.8) is 0 Å². The summed E-state index contributed by atoms with van der Waals surface area (Å²) in [5.74, 6) is 0.248. The fourth-order valence-electron chi connectivity index (χ4n) is 2.13. The van der Waals surface area contributed by atoms with Gasteiger partial charge in [0.15, 0.2) is 0 Å². The molecule has 3 nitrogen and oxygen atoms in total. The van der Waals surface area contributed by atoms with Gasteiger partial charge in [0.1, 0.15) is 0 Å². The Morgan fingerprint density at radius 1 is 1.67 bits per heavy atom. The van der Waals surface area contributed by atoms with Crippen LogP contribution >= 0.6 is 0 Å². The van der Waals surface area contributed by atoms with Crippen LogP contribution in [0.5, 0.6) is 0 Å². The second-order valence-electron chi connectivity index (χ2n) is 3.89. The predicted octanol–water partition coefficient (Wildman–Crippen LogP) is 1.91. The van der Waals surface area contributed by atoms with E-state index in [2.05, 4.69) is 11.6 Å². The molecule has 0 saturated carbocycles. The molecule has 1 N–H and O–H groups in total. The Balaban J connectivity index is 2.13. The summed E-state index contributed by atoms with van der Waals surface area (Å²) < 4.78 is 0. The summed E-state index contributed by atoms with van der Waals surface area (Å²) in [6.45, 7) is 5.20. The van der Waals surface area contributed by atoms with Gasteiger partial charge in [-0.05, 0) is 25.0 Å². The van der Waals surface area contributed by atoms with E-state index in [9.17, 15) is 4.79 Å². The number of aromatic amines is 1. The zero-order valence-corrected chi connectivity index (χ0v) is 8.78. The standard InChI is InChI=1S/C12H16N2O/c1-2-8-14-9-4-5-10(12(14)15)11-6-3-7-13-11/h2-3,6-7,10,13H,1,4-5,8-9H2. The van der Waals surface area contributed by atoms with Crippen LogP contribution in [0.3, 0.4) is 0 Å². The molecule has 0 aromatic carbocycles. The summed E-state index contributed by atoms with van der Waals surface area (Å²) in [6.07, 6.45) is 5.68. The number of H-pyrrole nitrogens is 1. The lowest BCUT2D eigenvalue weighted by Gasteiger charge is -2.31. The number of likely N-dealkylation sites (tertiary alicyclic amines) is 1. The van der Waals surface area contributed by atoms with Crippen LogP contribution in [0.25, 0.3) is 0 Å². The lowest BCUT2D eigenvalue weighted by molar-refractivity contribution is -0.134. The molecule has 1 saturated heterocycles. The number of carbonyl (C=O) groups excluding carboxylic acids is 1. The quantitative estimate of drug-likeness (QED) is 0.750. The number of hydrogen-bond donors (Lipinski definition) is 1. The molecule has 0 bridgehead atoms. The maximum Gasteiger partial charge on any atom is 0.231 e. The lowest BCUT2D eigenvalue weighted by Crippen LogP contribution is -2.40. The Hall–Kier alpha value is -1.51. The molecule has 15 heavy (non-hydrogen) atoms. The van der Waals surface area contributed by atoms with Crippen molar-refractivity contribution < 1.29 is 4.79 Å². The van der Waals surface area contributed by atoms with Gasteiger partial charge in [-0.2, -0.15) is 0 Å². The van der Waals surface area contributed by atoms with Gasteiger partial charge in [-0.25, -0.2) is 0 Å². The number of rotatable bonds is 3. The first-order valence-electron chi connectivity index (χ1n) is 5.36. The monoisotopic (exact) mass is 204 g/mol. The van der Waals surface area contributed by atoms with Gasteiger partial charge in [0.25, 0.3) is 0 Å². The van der Waals surface area contributed by atoms with Gasteiger partial charge in [-0.1, -0.05) is 6.08 Å². The molecular weight excluding hydrogens is 188 g/mol. The SMILES string of the molecule is C=CCN1CCCC(c2ccc[nH]2)C1=O. The molecule has 0 spiro atoms. The molecule has 1 aliphatic rings. The normalized spacial score (nSPS) is 21.7. The van der Waals surface area contributed by atoms with Gasteiger partial charge >= 0.3 is 0 Å². The summed E-state index contributed by atoms with van der Waals surface area (Å²) in [4.78, 5) is 17.1. The molecule has 1 unspecified atom stereocenters. The molecule has 80 valence electrons. The Kier molecular flexibility index (Phi) is 2.90. The highest BCUT2D eigenvalue weighted by Crippen LogP contribution is 2.26. The van der Waals surface area contributed by atoms with E-state index in [1.807, 2.05) is 23.2 Å². The summed E-state index contributed by atoms with van der Waals surface area (Å²) in [7, 11) is 0. The fourth-order valence-corrected chi connectivity index (χ4v) is 2.13. The maximum atomic E-state index is 12.1. The van der Waals surface area contributed by atoms with E-state index in [4.69, 9.17) is 0 Å². The molecule has 1 fully saturated rings. The lowest BCUT2D eigenvalue weighted by atomic mass is 9.94. The fraction of sp³-hybridized carbons (Fsp3) is 0.417. The van der Waals surface area contributed by atoms with E-state index in [0.29, 0.717) is 6.54 Å². The van der Waals surface area contributed by atoms with Crippen LogP contribution in [0.15, 0.2) is 31.0 Å². The van der Waals surface area contributed by atoms with E-state index >= 15 is 0 Å². The summed E-state index contributed by atoms with van der Waals surface area (Å²) >= 11 is 0. The van der Waals surface area contributed by atoms with Crippen LogP contribution < -0.4 is 0 Å². The number of piperidine rings is 1. The first-order valence-corrected chi connectivity index (χ1v) is 5.36. The van der Waals surface area contributed by atoms with Gasteiger partial charge < -0.3 is 9.88 Å². The minimum atomic E-state index is 0.0219. The number of amides is 1. The van der Waals surface area contributed by atoms with Crippen LogP contribution in [-0.2, 0) is 4.79 Å². The molecular formula is C12H16N2O. The molecule has 0 aliphatic carbocycles. The second-order valence-corrected chi connectivity index (χ2v) is 3.89. The van der Waals surface area contributed by atoms with Crippen molar-refractivity contribution >= 4 is 5.91 Å². The molecule has 1 amide bonds. The van der Waals surface area contributed by atoms with Gasteiger partial charge in [0, 0.05) is 25.0 Å². The van der Waals surface area contributed by atoms with Crippen LogP contribution in [0, 0.1) is 0 Å². The molecule has 1 aromatic heterocycles. The van der Waals surface area contributed by atoms with Crippen molar-refractivity contribution in [3.05, 3.63) is 36.7 Å². The smallest absolute Gasteiger partial charge is 0.231 e. The molecule has 3 heteroatoms. The van der Waals surface area contributed by atoms with Gasteiger partial charge in [0.2, 0.25) is 5.91 Å². The van der Waals surface area contributed by atoms with E-state index < -0.39 is 0 Å². The highest BCUT2D eigenvalue weighted by atomic mass is 16.2. The number of aromatic nitrogens is 1. The predicted molar refractivity (Wildman–Crippen MR) is 59.5 cm³/mol. The zero-order chi connectivity index (χ0) is 10.7. The van der Waals surface area contributed by atoms with Gasteiger partial charge in [-0.3, -0.25) is 4.79 Å². The van der Waals surface area contributed by atoms with E-state index in [-0.39, 0.29) is 11.8 Å². The van der Waals surface area contributed by atoms with Crippen LogP contribution in [-0.4, -0.2) is 28.9 Å². The summed E-state index contributed by atoms with van der Waals surface area (Å²) in [5.41, 5.74) is 1.04. The van der Waals surface area contributed by atoms with E-state index in [0.717, 1.165) is 25.1 Å². The van der Waals surface area contributed by atoms with Crippen LogP contribution in [0.2, 0.25) is 0 Å². The molecule has 0 radical (unpaired) electrons. The number of nitrogens with one attached hydrogen (secondary N) is 1. The number of carbonyl (C=O) groups is 1. The molecule has 1 aromatic rings. The Labute approximate surface area is 89.8 Å². The minimum Gasteiger partial charge on any atom is -0.364 e. The summed E-state index contributed by atoms with van der Waals surface area (Å²) in [6, 6.07) is 3.93. The van der Waals surface area contributed by atoms with Crippen molar-refractivity contribution in [2.75, 3.05) is 13.1 Å². The van der Waals surface area contributed by atoms with Crippen molar-refractivity contribution in [1.29, 1.82) is 0 Å². The number of nitrogens with zero attached hydrogens (tertiary/aromatic N) is 1. The molecule has 2 rings (SSSR count). The van der Waals surface area contributed by atoms with E-state index in [1.165, 1.54) is 0 Å². The van der Waals surface area contributed by atoms with Crippen molar-refractivity contribution in [2.24, 2.45) is 0 Å². The molecule has 2 heterocycles. The average Bonchev–Trinajstić information content (AvgIpc) is 2.74. The summed E-state index contributed by atoms with van der Waals surface area (Å²) in [5, 5.41) is 0. The Morgan fingerprint density at radius 3 is 3.20 bits per heavy atom. The van der Waals surface area contributed by atoms with Crippen LogP contribution in [0.4, 0.5) is 0 Å². The van der Waals surface area contributed by atoms with Crippen molar-refractivity contribution in [3.8, 4) is 0 Å². The van der Waals surface area contributed by atoms with Crippen molar-refractivity contribution in [2.45, 2.75) is 18.8 Å². The first kappa shape index (κ1) is 10.0. The second kappa shape index (κ2) is 4.34. The zero-order valence-electron chi connectivity index (χ0n) is 8.78. The highest BCUT2D eigenvalue weighted by molar-refractivity contribution is 5.84. The molecule has 1 atom stereocenters. The first-order chi connectivity index (χ1) is 7.33. The minimum absolute atomic E-state index is 0.0219. The maximum absolute atomic E-state index is 12.1. The van der Waals surface area contributed by atoms with Gasteiger partial charge in [0.05, 0.1) is 5.92 Å². The third kappa shape index (κ3) is 1.96. The van der Waals surface area contributed by atoms with E-state index in [1.54, 1.807) is 6.08 Å². The third-order valence-electron chi connectivity index (χ3n) is 2.88. The van der Waals surface area contributed by atoms with Crippen molar-refractivity contribution in [1.82, 2.24) is 9.88 Å². The Morgan fingerprint density at radius 2 is 2.53 bits per heavy atom. The topological polar surface area (TPSA) is 36.1 Å². The molecule has 1 aliphatic heterocycles. The number of hydrogen-bond acceptors (Lipinski definition) is 1.